The van der Waals surface area contributed by atoms with E-state index in [4.69, 9.17) is 0 Å². The maximum atomic E-state index is 11.5. The van der Waals surface area contributed by atoms with Gasteiger partial charge in [0.1, 0.15) is 0 Å². The summed E-state index contributed by atoms with van der Waals surface area (Å²) in [6, 6.07) is 18.2. The molecule has 2 aromatic rings. The van der Waals surface area contributed by atoms with Gasteiger partial charge in [0.15, 0.2) is 0 Å². The van der Waals surface area contributed by atoms with Gasteiger partial charge in [-0.25, -0.2) is 0 Å². The highest BCUT2D eigenvalue weighted by atomic mass is 32.2. The highest BCUT2D eigenvalue weighted by molar-refractivity contribution is 8.14. The van der Waals surface area contributed by atoms with E-state index >= 15 is 0 Å². The molecule has 2 rings (SSSR count). The zero-order valence-corrected chi connectivity index (χ0v) is 12.3. The standard InChI is InChI=1S/C16H14OS2/c1-12(2)16(17)19-15-10-8-14(9-11-15)18-13-6-4-3-5-7-13/h3-11H,1H2,2H3. The molecule has 96 valence electrons. The molecule has 0 heterocycles. The molecule has 0 spiro atoms. The van der Waals surface area contributed by atoms with Crippen LogP contribution in [0.1, 0.15) is 6.92 Å². The van der Waals surface area contributed by atoms with Crippen molar-refractivity contribution in [3.8, 4) is 0 Å². The third-order valence-corrected chi connectivity index (χ3v) is 4.42. The Balaban J connectivity index is 2.03. The van der Waals surface area contributed by atoms with Crippen LogP contribution in [-0.4, -0.2) is 5.12 Å². The Morgan fingerprint density at radius 2 is 1.42 bits per heavy atom. The van der Waals surface area contributed by atoms with Crippen LogP contribution in [0.2, 0.25) is 0 Å². The molecule has 1 nitrogen and oxygen atoms in total. The lowest BCUT2D eigenvalue weighted by Crippen LogP contribution is -1.90. The topological polar surface area (TPSA) is 17.1 Å². The third kappa shape index (κ3) is 4.30. The molecular weight excluding hydrogens is 272 g/mol. The number of rotatable bonds is 4. The van der Waals surface area contributed by atoms with Crippen LogP contribution >= 0.6 is 23.5 Å². The lowest BCUT2D eigenvalue weighted by molar-refractivity contribution is -0.107. The zero-order chi connectivity index (χ0) is 13.7. The monoisotopic (exact) mass is 286 g/mol. The number of carbonyl (C=O) groups is 1. The first-order valence-corrected chi connectivity index (χ1v) is 7.49. The Morgan fingerprint density at radius 3 is 2.00 bits per heavy atom. The molecule has 0 saturated heterocycles. The van der Waals surface area contributed by atoms with Gasteiger partial charge in [-0.1, -0.05) is 36.5 Å². The van der Waals surface area contributed by atoms with E-state index in [2.05, 4.69) is 18.7 Å². The third-order valence-electron chi connectivity index (χ3n) is 2.36. The highest BCUT2D eigenvalue weighted by Gasteiger charge is 2.05. The van der Waals surface area contributed by atoms with Gasteiger partial charge in [0.05, 0.1) is 0 Å². The van der Waals surface area contributed by atoms with Crippen LogP contribution < -0.4 is 0 Å². The molecule has 0 aliphatic carbocycles. The Kier molecular flexibility index (Phi) is 4.88. The summed E-state index contributed by atoms with van der Waals surface area (Å²) in [5, 5.41) is 0.0171. The summed E-state index contributed by atoms with van der Waals surface area (Å²) in [5.74, 6) is 0. The van der Waals surface area contributed by atoms with Crippen LogP contribution in [0.15, 0.2) is 81.4 Å². The minimum atomic E-state index is 0.0171. The Morgan fingerprint density at radius 1 is 0.895 bits per heavy atom. The fourth-order valence-corrected chi connectivity index (χ4v) is 2.89. The van der Waals surface area contributed by atoms with Crippen molar-refractivity contribution in [2.75, 3.05) is 0 Å². The Labute approximate surface area is 122 Å². The van der Waals surface area contributed by atoms with Gasteiger partial charge in [0.2, 0.25) is 5.12 Å². The molecule has 2 aromatic carbocycles. The van der Waals surface area contributed by atoms with E-state index in [1.54, 1.807) is 18.7 Å². The lowest BCUT2D eigenvalue weighted by Gasteiger charge is -2.03. The molecule has 0 fully saturated rings. The van der Waals surface area contributed by atoms with Crippen molar-refractivity contribution in [1.29, 1.82) is 0 Å². The first kappa shape index (κ1) is 14.0. The van der Waals surface area contributed by atoms with Crippen molar-refractivity contribution in [2.24, 2.45) is 0 Å². The molecule has 0 aliphatic rings. The van der Waals surface area contributed by atoms with Gasteiger partial charge in [-0.05, 0) is 60.7 Å². The van der Waals surface area contributed by atoms with Crippen LogP contribution in [0.5, 0.6) is 0 Å². The second kappa shape index (κ2) is 6.64. The predicted octanol–water partition coefficient (Wildman–Crippen LogP) is 5.03. The summed E-state index contributed by atoms with van der Waals surface area (Å²) in [4.78, 5) is 14.9. The van der Waals surface area contributed by atoms with Crippen molar-refractivity contribution in [3.05, 3.63) is 66.7 Å². The summed E-state index contributed by atoms with van der Waals surface area (Å²) < 4.78 is 0. The summed E-state index contributed by atoms with van der Waals surface area (Å²) in [5.41, 5.74) is 0.577. The first-order valence-electron chi connectivity index (χ1n) is 5.86. The van der Waals surface area contributed by atoms with Gasteiger partial charge in [0, 0.05) is 14.7 Å². The first-order chi connectivity index (χ1) is 9.15. The van der Waals surface area contributed by atoms with Crippen molar-refractivity contribution >= 4 is 28.6 Å². The highest BCUT2D eigenvalue weighted by Crippen LogP contribution is 2.29. The van der Waals surface area contributed by atoms with Gasteiger partial charge >= 0.3 is 0 Å². The Bertz CT molecular complexity index is 573. The Hall–Kier alpha value is -1.45. The maximum Gasteiger partial charge on any atom is 0.219 e. The van der Waals surface area contributed by atoms with Crippen molar-refractivity contribution < 1.29 is 4.79 Å². The molecule has 0 aliphatic heterocycles. The fraction of sp³-hybridized carbons (Fsp3) is 0.0625. The summed E-state index contributed by atoms with van der Waals surface area (Å²) in [6.45, 7) is 5.38. The molecule has 0 bridgehead atoms. The SMILES string of the molecule is C=C(C)C(=O)Sc1ccc(Sc2ccccc2)cc1. The predicted molar refractivity (Wildman–Crippen MR) is 82.7 cm³/mol. The minimum absolute atomic E-state index is 0.0171. The van der Waals surface area contributed by atoms with Gasteiger partial charge in [-0.3, -0.25) is 4.79 Å². The molecule has 3 heteroatoms. The summed E-state index contributed by atoms with van der Waals surface area (Å²) >= 11 is 2.93. The second-order valence-electron chi connectivity index (χ2n) is 4.06. The largest absolute Gasteiger partial charge is 0.282 e. The minimum Gasteiger partial charge on any atom is -0.282 e. The van der Waals surface area contributed by atoms with E-state index < -0.39 is 0 Å². The summed E-state index contributed by atoms with van der Waals surface area (Å²) in [7, 11) is 0. The van der Waals surface area contributed by atoms with Crippen molar-refractivity contribution in [2.45, 2.75) is 21.6 Å². The van der Waals surface area contributed by atoms with E-state index in [1.807, 2.05) is 42.5 Å². The quantitative estimate of drug-likeness (QED) is 0.579. The van der Waals surface area contributed by atoms with E-state index in [0.717, 1.165) is 4.90 Å². The summed E-state index contributed by atoms with van der Waals surface area (Å²) in [6.07, 6.45) is 0. The van der Waals surface area contributed by atoms with E-state index in [1.165, 1.54) is 21.6 Å². The molecule has 0 N–H and O–H groups in total. The van der Waals surface area contributed by atoms with E-state index in [9.17, 15) is 4.79 Å². The molecule has 0 atom stereocenters. The molecule has 0 radical (unpaired) electrons. The number of thioether (sulfide) groups is 1. The molecule has 0 amide bonds. The molecule has 0 unspecified atom stereocenters. The average Bonchev–Trinajstić information content (AvgIpc) is 2.42. The van der Waals surface area contributed by atoms with Crippen LogP contribution in [0, 0.1) is 0 Å². The number of hydrogen-bond acceptors (Lipinski definition) is 3. The van der Waals surface area contributed by atoms with Crippen LogP contribution in [-0.2, 0) is 4.79 Å². The van der Waals surface area contributed by atoms with Crippen LogP contribution in [0.4, 0.5) is 0 Å². The van der Waals surface area contributed by atoms with Crippen LogP contribution in [0.25, 0.3) is 0 Å². The molecule has 0 aromatic heterocycles. The van der Waals surface area contributed by atoms with Gasteiger partial charge in [0.25, 0.3) is 0 Å². The zero-order valence-electron chi connectivity index (χ0n) is 10.6. The van der Waals surface area contributed by atoms with Gasteiger partial charge in [-0.15, -0.1) is 0 Å². The number of benzene rings is 2. The van der Waals surface area contributed by atoms with Gasteiger partial charge < -0.3 is 0 Å². The number of carbonyl (C=O) groups excluding carboxylic acids is 1. The van der Waals surface area contributed by atoms with E-state index in [0.29, 0.717) is 5.57 Å². The molecular formula is C16H14OS2. The molecule has 19 heavy (non-hydrogen) atoms. The van der Waals surface area contributed by atoms with Gasteiger partial charge in [-0.2, -0.15) is 0 Å². The molecule has 0 saturated carbocycles. The van der Waals surface area contributed by atoms with Crippen molar-refractivity contribution in [3.63, 3.8) is 0 Å². The fourth-order valence-electron chi connectivity index (χ4n) is 1.39. The number of hydrogen-bond donors (Lipinski definition) is 0. The van der Waals surface area contributed by atoms with E-state index in [-0.39, 0.29) is 5.12 Å². The second-order valence-corrected chi connectivity index (χ2v) is 6.25. The smallest absolute Gasteiger partial charge is 0.219 e. The lowest BCUT2D eigenvalue weighted by atomic mass is 10.4. The maximum absolute atomic E-state index is 11.5. The normalized spacial score (nSPS) is 10.2. The van der Waals surface area contributed by atoms with Crippen molar-refractivity contribution in [1.82, 2.24) is 0 Å². The van der Waals surface area contributed by atoms with Crippen LogP contribution in [0.3, 0.4) is 0 Å². The average molecular weight is 286 g/mol.